The molecule has 3 aliphatic rings. The number of hydrogen-bond donors (Lipinski definition) is 0. The van der Waals surface area contributed by atoms with E-state index in [-0.39, 0.29) is 6.04 Å². The Labute approximate surface area is 66.0 Å². The molecule has 0 radical (unpaired) electrons. The van der Waals surface area contributed by atoms with Crippen LogP contribution in [-0.2, 0) is 4.79 Å². The van der Waals surface area contributed by atoms with Gasteiger partial charge in [0.15, 0.2) is 0 Å². The van der Waals surface area contributed by atoms with Crippen molar-refractivity contribution in [2.24, 2.45) is 16.8 Å². The number of aliphatic imine (C=N–C) groups is 1. The second kappa shape index (κ2) is 2.63. The number of hydrogen-bond acceptors (Lipinski definition) is 2. The molecule has 0 N–H and O–H groups in total. The fourth-order valence-corrected chi connectivity index (χ4v) is 2.12. The zero-order valence-electron chi connectivity index (χ0n) is 6.36. The molecular formula is C9H11NO. The van der Waals surface area contributed by atoms with Gasteiger partial charge in [0.1, 0.15) is 0 Å². The Morgan fingerprint density at radius 1 is 1.36 bits per heavy atom. The van der Waals surface area contributed by atoms with E-state index < -0.39 is 0 Å². The maximum Gasteiger partial charge on any atom is 0.235 e. The van der Waals surface area contributed by atoms with E-state index in [0.29, 0.717) is 11.8 Å². The van der Waals surface area contributed by atoms with Gasteiger partial charge in [-0.25, -0.2) is 9.79 Å². The van der Waals surface area contributed by atoms with Crippen LogP contribution in [0.3, 0.4) is 0 Å². The Morgan fingerprint density at radius 3 is 2.73 bits per heavy atom. The summed E-state index contributed by atoms with van der Waals surface area (Å²) in [5.74, 6) is 1.21. The topological polar surface area (TPSA) is 29.4 Å². The fourth-order valence-electron chi connectivity index (χ4n) is 2.12. The minimum Gasteiger partial charge on any atom is -0.211 e. The molecule has 0 heterocycles. The van der Waals surface area contributed by atoms with Crippen LogP contribution in [0, 0.1) is 11.8 Å². The van der Waals surface area contributed by atoms with E-state index in [0.717, 1.165) is 6.42 Å². The molecule has 1 fully saturated rings. The summed E-state index contributed by atoms with van der Waals surface area (Å²) in [6.07, 6.45) is 9.70. The maximum atomic E-state index is 10.0. The third-order valence-corrected chi connectivity index (χ3v) is 2.76. The number of fused-ring (bicyclic) bond motifs is 2. The van der Waals surface area contributed by atoms with Gasteiger partial charge >= 0.3 is 0 Å². The van der Waals surface area contributed by atoms with Gasteiger partial charge in [-0.15, -0.1) is 0 Å². The molecule has 0 amide bonds. The lowest BCUT2D eigenvalue weighted by Crippen LogP contribution is -2.29. The first kappa shape index (κ1) is 6.81. The van der Waals surface area contributed by atoms with Gasteiger partial charge < -0.3 is 0 Å². The molecule has 2 bridgehead atoms. The number of nitrogens with zero attached hydrogens (tertiary/aromatic N) is 1. The van der Waals surface area contributed by atoms with Crippen LogP contribution in [0.1, 0.15) is 19.3 Å². The summed E-state index contributed by atoms with van der Waals surface area (Å²) in [7, 11) is 0. The minimum atomic E-state index is 0.247. The Morgan fingerprint density at radius 2 is 2.27 bits per heavy atom. The van der Waals surface area contributed by atoms with Crippen LogP contribution in [0.2, 0.25) is 0 Å². The Balaban J connectivity index is 2.17. The molecule has 3 atom stereocenters. The monoisotopic (exact) mass is 149 g/mol. The molecule has 58 valence electrons. The van der Waals surface area contributed by atoms with Crippen LogP contribution >= 0.6 is 0 Å². The normalized spacial score (nSPS) is 40.2. The zero-order chi connectivity index (χ0) is 7.68. The summed E-state index contributed by atoms with van der Waals surface area (Å²) in [5.41, 5.74) is 0. The van der Waals surface area contributed by atoms with E-state index in [1.54, 1.807) is 6.08 Å². The van der Waals surface area contributed by atoms with Crippen LogP contribution in [-0.4, -0.2) is 12.1 Å². The highest BCUT2D eigenvalue weighted by Gasteiger charge is 2.31. The van der Waals surface area contributed by atoms with Crippen molar-refractivity contribution in [3.8, 4) is 0 Å². The van der Waals surface area contributed by atoms with Crippen LogP contribution in [0.5, 0.6) is 0 Å². The van der Waals surface area contributed by atoms with Gasteiger partial charge in [-0.3, -0.25) is 0 Å². The van der Waals surface area contributed by atoms with Gasteiger partial charge in [0.2, 0.25) is 6.08 Å². The van der Waals surface area contributed by atoms with Crippen LogP contribution < -0.4 is 0 Å². The van der Waals surface area contributed by atoms with Crippen LogP contribution in [0.4, 0.5) is 0 Å². The Bertz CT molecular complexity index is 228. The summed E-state index contributed by atoms with van der Waals surface area (Å²) in [5, 5.41) is 0. The average molecular weight is 149 g/mol. The quantitative estimate of drug-likeness (QED) is 0.317. The smallest absolute Gasteiger partial charge is 0.211 e. The predicted molar refractivity (Wildman–Crippen MR) is 41.9 cm³/mol. The Kier molecular flexibility index (Phi) is 1.63. The van der Waals surface area contributed by atoms with Crippen LogP contribution in [0.25, 0.3) is 0 Å². The summed E-state index contributed by atoms with van der Waals surface area (Å²) in [4.78, 5) is 13.8. The standard InChI is InChI=1S/C9H11NO/c11-6-10-9-5-7-1-3-8(9)4-2-7/h1,3,7-9H,2,4-5H2/t7-,8+,9-/m1/s1. The second-order valence-corrected chi connectivity index (χ2v) is 3.41. The first-order valence-corrected chi connectivity index (χ1v) is 4.15. The molecule has 0 aromatic carbocycles. The molecule has 1 saturated carbocycles. The SMILES string of the molecule is O=C=N[C@@H]1C[C@@H]2C=C[C@H]1CC2. The van der Waals surface area contributed by atoms with Gasteiger partial charge in [0.05, 0.1) is 6.04 Å². The first-order chi connectivity index (χ1) is 5.40. The third kappa shape index (κ3) is 1.14. The lowest BCUT2D eigenvalue weighted by molar-refractivity contribution is 0.286. The van der Waals surface area contributed by atoms with Gasteiger partial charge in [-0.05, 0) is 25.2 Å². The summed E-state index contributed by atoms with van der Waals surface area (Å²) in [6, 6.07) is 0.247. The number of rotatable bonds is 1. The fraction of sp³-hybridized carbons (Fsp3) is 0.667. The van der Waals surface area contributed by atoms with Crippen LogP contribution in [0.15, 0.2) is 17.1 Å². The zero-order valence-corrected chi connectivity index (χ0v) is 6.36. The van der Waals surface area contributed by atoms with Gasteiger partial charge in [0, 0.05) is 5.92 Å². The number of carbonyl (C=O) groups excluding carboxylic acids is 1. The molecule has 11 heavy (non-hydrogen) atoms. The molecule has 0 aliphatic heterocycles. The molecule has 0 saturated heterocycles. The highest BCUT2D eigenvalue weighted by Crippen LogP contribution is 2.37. The van der Waals surface area contributed by atoms with Crippen molar-refractivity contribution in [1.29, 1.82) is 0 Å². The van der Waals surface area contributed by atoms with Crippen molar-refractivity contribution in [3.05, 3.63) is 12.2 Å². The molecule has 2 nitrogen and oxygen atoms in total. The summed E-state index contributed by atoms with van der Waals surface area (Å²) in [6.45, 7) is 0. The van der Waals surface area contributed by atoms with E-state index in [1.165, 1.54) is 12.8 Å². The lowest BCUT2D eigenvalue weighted by atomic mass is 9.73. The maximum absolute atomic E-state index is 10.0. The average Bonchev–Trinajstić information content (AvgIpc) is 2.07. The van der Waals surface area contributed by atoms with E-state index in [2.05, 4.69) is 17.1 Å². The number of allylic oxidation sites excluding steroid dienone is 1. The summed E-state index contributed by atoms with van der Waals surface area (Å²) >= 11 is 0. The molecule has 0 aromatic heterocycles. The van der Waals surface area contributed by atoms with Crippen molar-refractivity contribution in [1.82, 2.24) is 0 Å². The van der Waals surface area contributed by atoms with Gasteiger partial charge in [-0.1, -0.05) is 12.2 Å². The van der Waals surface area contributed by atoms with E-state index in [4.69, 9.17) is 0 Å². The van der Waals surface area contributed by atoms with Crippen molar-refractivity contribution in [2.75, 3.05) is 0 Å². The molecule has 0 unspecified atom stereocenters. The van der Waals surface area contributed by atoms with E-state index >= 15 is 0 Å². The second-order valence-electron chi connectivity index (χ2n) is 3.41. The molecule has 3 aliphatic carbocycles. The molecule has 0 aromatic rings. The Hall–Kier alpha value is -0.880. The van der Waals surface area contributed by atoms with Gasteiger partial charge in [-0.2, -0.15) is 0 Å². The van der Waals surface area contributed by atoms with Crippen molar-refractivity contribution >= 4 is 6.08 Å². The van der Waals surface area contributed by atoms with Gasteiger partial charge in [0.25, 0.3) is 0 Å². The highest BCUT2D eigenvalue weighted by molar-refractivity contribution is 5.34. The first-order valence-electron chi connectivity index (χ1n) is 4.15. The molecule has 2 heteroatoms. The predicted octanol–water partition coefficient (Wildman–Crippen LogP) is 1.68. The van der Waals surface area contributed by atoms with Crippen molar-refractivity contribution in [3.63, 3.8) is 0 Å². The lowest BCUT2D eigenvalue weighted by Gasteiger charge is -2.34. The summed E-state index contributed by atoms with van der Waals surface area (Å²) < 4.78 is 0. The minimum absolute atomic E-state index is 0.247. The molecule has 3 rings (SSSR count). The molecular weight excluding hydrogens is 138 g/mol. The van der Waals surface area contributed by atoms with Crippen molar-refractivity contribution < 1.29 is 4.79 Å². The largest absolute Gasteiger partial charge is 0.235 e. The van der Waals surface area contributed by atoms with E-state index in [1.807, 2.05) is 0 Å². The van der Waals surface area contributed by atoms with Crippen molar-refractivity contribution in [2.45, 2.75) is 25.3 Å². The van der Waals surface area contributed by atoms with E-state index in [9.17, 15) is 4.79 Å². The highest BCUT2D eigenvalue weighted by atomic mass is 16.1. The number of isocyanates is 1. The molecule has 0 spiro atoms. The third-order valence-electron chi connectivity index (χ3n) is 2.76.